The number of hydrogen-bond donors (Lipinski definition) is 2. The molecule has 1 saturated carbocycles. The van der Waals surface area contributed by atoms with Crippen LogP contribution in [0.3, 0.4) is 0 Å². The number of rotatable bonds is 5. The molecule has 7 heteroatoms. The van der Waals surface area contributed by atoms with E-state index in [-0.39, 0.29) is 36.3 Å². The Morgan fingerprint density at radius 3 is 2.57 bits per heavy atom. The monoisotopic (exact) mass is 439 g/mol. The second-order valence-electron chi connectivity index (χ2n) is 5.52. The van der Waals surface area contributed by atoms with Crippen LogP contribution in [0.1, 0.15) is 38.5 Å². The van der Waals surface area contributed by atoms with Crippen LogP contribution in [-0.4, -0.2) is 25.2 Å². The Bertz CT molecular complexity index is 506. The molecule has 0 aliphatic heterocycles. The fourth-order valence-electron chi connectivity index (χ4n) is 2.59. The molecule has 0 bridgehead atoms. The number of guanidine groups is 1. The maximum absolute atomic E-state index is 13.3. The Labute approximate surface area is 152 Å². The van der Waals surface area contributed by atoms with Crippen LogP contribution in [0.2, 0.25) is 0 Å². The molecular weight excluding hydrogens is 415 g/mol. The number of nitrogens with one attached hydrogen (secondary N) is 1. The largest absolute Gasteiger partial charge is 0.489 e. The van der Waals surface area contributed by atoms with Gasteiger partial charge < -0.3 is 15.8 Å². The molecule has 4 nitrogen and oxygen atoms in total. The average Bonchev–Trinajstić information content (AvgIpc) is 2.74. The molecular formula is C16H24F2IN3O. The Hall–Kier alpha value is -1.12. The van der Waals surface area contributed by atoms with Gasteiger partial charge in [-0.25, -0.2) is 13.8 Å². The van der Waals surface area contributed by atoms with Gasteiger partial charge >= 0.3 is 0 Å². The molecule has 0 heterocycles. The fraction of sp³-hybridized carbons (Fsp3) is 0.562. The SMILES string of the molecule is I.NC(=NCCOc1ccc(F)cc1F)NC1CCCCCC1. The summed E-state index contributed by atoms with van der Waals surface area (Å²) in [5, 5.41) is 3.22. The van der Waals surface area contributed by atoms with Crippen molar-refractivity contribution in [1.29, 1.82) is 0 Å². The van der Waals surface area contributed by atoms with Crippen LogP contribution < -0.4 is 15.8 Å². The van der Waals surface area contributed by atoms with Crippen LogP contribution in [0.5, 0.6) is 5.75 Å². The van der Waals surface area contributed by atoms with E-state index in [1.807, 2.05) is 0 Å². The number of benzene rings is 1. The van der Waals surface area contributed by atoms with Gasteiger partial charge in [0.05, 0.1) is 6.54 Å². The summed E-state index contributed by atoms with van der Waals surface area (Å²) >= 11 is 0. The molecule has 0 amide bonds. The summed E-state index contributed by atoms with van der Waals surface area (Å²) in [5.41, 5.74) is 5.84. The Morgan fingerprint density at radius 2 is 1.91 bits per heavy atom. The predicted octanol–water partition coefficient (Wildman–Crippen LogP) is 3.59. The molecule has 1 aromatic rings. The molecule has 0 spiro atoms. The molecule has 1 fully saturated rings. The molecule has 0 radical (unpaired) electrons. The van der Waals surface area contributed by atoms with Gasteiger partial charge in [-0.2, -0.15) is 0 Å². The van der Waals surface area contributed by atoms with Crippen LogP contribution >= 0.6 is 24.0 Å². The number of hydrogen-bond acceptors (Lipinski definition) is 2. The van der Waals surface area contributed by atoms with Crippen molar-refractivity contribution in [2.24, 2.45) is 10.7 Å². The first-order valence-corrected chi connectivity index (χ1v) is 7.79. The van der Waals surface area contributed by atoms with Crippen LogP contribution in [0, 0.1) is 11.6 Å². The van der Waals surface area contributed by atoms with E-state index in [0.717, 1.165) is 25.0 Å². The van der Waals surface area contributed by atoms with Gasteiger partial charge in [-0.05, 0) is 25.0 Å². The van der Waals surface area contributed by atoms with Gasteiger partial charge in [0.25, 0.3) is 0 Å². The van der Waals surface area contributed by atoms with Crippen molar-refractivity contribution in [3.8, 4) is 5.75 Å². The lowest BCUT2D eigenvalue weighted by Gasteiger charge is -2.16. The van der Waals surface area contributed by atoms with Gasteiger partial charge in [0.15, 0.2) is 17.5 Å². The van der Waals surface area contributed by atoms with Crippen LogP contribution in [0.15, 0.2) is 23.2 Å². The highest BCUT2D eigenvalue weighted by Gasteiger charge is 2.12. The number of nitrogens with zero attached hydrogens (tertiary/aromatic N) is 1. The van der Waals surface area contributed by atoms with Gasteiger partial charge in [-0.1, -0.05) is 25.7 Å². The lowest BCUT2D eigenvalue weighted by Crippen LogP contribution is -2.40. The molecule has 3 N–H and O–H groups in total. The van der Waals surface area contributed by atoms with E-state index in [1.165, 1.54) is 31.7 Å². The van der Waals surface area contributed by atoms with E-state index >= 15 is 0 Å². The lowest BCUT2D eigenvalue weighted by atomic mass is 10.1. The van der Waals surface area contributed by atoms with E-state index in [4.69, 9.17) is 10.5 Å². The van der Waals surface area contributed by atoms with Crippen molar-refractivity contribution in [3.63, 3.8) is 0 Å². The van der Waals surface area contributed by atoms with Gasteiger partial charge in [0.2, 0.25) is 0 Å². The van der Waals surface area contributed by atoms with Crippen LogP contribution in [0.25, 0.3) is 0 Å². The number of nitrogens with two attached hydrogens (primary N) is 1. The summed E-state index contributed by atoms with van der Waals surface area (Å²) in [5.74, 6) is -0.921. The zero-order valence-electron chi connectivity index (χ0n) is 13.1. The topological polar surface area (TPSA) is 59.6 Å². The zero-order chi connectivity index (χ0) is 15.8. The zero-order valence-corrected chi connectivity index (χ0v) is 15.4. The third-order valence-corrected chi connectivity index (χ3v) is 3.73. The maximum Gasteiger partial charge on any atom is 0.188 e. The van der Waals surface area contributed by atoms with E-state index in [9.17, 15) is 8.78 Å². The minimum absolute atomic E-state index is 0. The normalized spacial score (nSPS) is 16.3. The predicted molar refractivity (Wildman–Crippen MR) is 98.4 cm³/mol. The van der Waals surface area contributed by atoms with Crippen LogP contribution in [0.4, 0.5) is 8.78 Å². The Balaban J connectivity index is 0.00000264. The molecule has 2 rings (SSSR count). The molecule has 1 aliphatic rings. The third-order valence-electron chi connectivity index (χ3n) is 3.73. The molecule has 0 aromatic heterocycles. The standard InChI is InChI=1S/C16H23F2N3O.HI/c17-12-7-8-15(14(18)11-12)22-10-9-20-16(19)21-13-5-3-1-2-4-6-13;/h7-8,11,13H,1-6,9-10H2,(H3,19,20,21);1H. The van der Waals surface area contributed by atoms with Crippen molar-refractivity contribution >= 4 is 29.9 Å². The molecule has 1 aromatic carbocycles. The van der Waals surface area contributed by atoms with Crippen molar-refractivity contribution in [1.82, 2.24) is 5.32 Å². The van der Waals surface area contributed by atoms with Gasteiger partial charge in [-0.15, -0.1) is 24.0 Å². The van der Waals surface area contributed by atoms with Crippen molar-refractivity contribution in [2.45, 2.75) is 44.6 Å². The maximum atomic E-state index is 13.3. The second-order valence-corrected chi connectivity index (χ2v) is 5.52. The van der Waals surface area contributed by atoms with E-state index in [0.29, 0.717) is 18.5 Å². The van der Waals surface area contributed by atoms with E-state index in [1.54, 1.807) is 0 Å². The van der Waals surface area contributed by atoms with Crippen molar-refractivity contribution in [3.05, 3.63) is 29.8 Å². The van der Waals surface area contributed by atoms with Gasteiger partial charge in [0, 0.05) is 12.1 Å². The summed E-state index contributed by atoms with van der Waals surface area (Å²) in [6.07, 6.45) is 7.25. The minimum Gasteiger partial charge on any atom is -0.489 e. The van der Waals surface area contributed by atoms with Crippen molar-refractivity contribution in [2.75, 3.05) is 13.2 Å². The smallest absolute Gasteiger partial charge is 0.188 e. The fourth-order valence-corrected chi connectivity index (χ4v) is 2.59. The first-order chi connectivity index (χ1) is 10.6. The summed E-state index contributed by atoms with van der Waals surface area (Å²) in [6, 6.07) is 3.60. The number of aliphatic imine (C=N–C) groups is 1. The Kier molecular flexibility index (Phi) is 9.20. The molecule has 0 saturated heterocycles. The van der Waals surface area contributed by atoms with Crippen LogP contribution in [-0.2, 0) is 0 Å². The Morgan fingerprint density at radius 1 is 1.22 bits per heavy atom. The minimum atomic E-state index is -0.714. The highest BCUT2D eigenvalue weighted by Crippen LogP contribution is 2.18. The molecule has 23 heavy (non-hydrogen) atoms. The summed E-state index contributed by atoms with van der Waals surface area (Å²) in [4.78, 5) is 4.17. The first kappa shape index (κ1) is 19.9. The van der Waals surface area contributed by atoms with E-state index < -0.39 is 11.6 Å². The summed E-state index contributed by atoms with van der Waals surface area (Å²) < 4.78 is 31.3. The number of halogens is 3. The molecule has 130 valence electrons. The highest BCUT2D eigenvalue weighted by atomic mass is 127. The first-order valence-electron chi connectivity index (χ1n) is 7.79. The van der Waals surface area contributed by atoms with Crippen molar-refractivity contribution < 1.29 is 13.5 Å². The second kappa shape index (κ2) is 10.6. The van der Waals surface area contributed by atoms with E-state index in [2.05, 4.69) is 10.3 Å². The summed E-state index contributed by atoms with van der Waals surface area (Å²) in [6.45, 7) is 0.512. The average molecular weight is 439 g/mol. The molecule has 0 atom stereocenters. The molecule has 0 unspecified atom stereocenters. The lowest BCUT2D eigenvalue weighted by molar-refractivity contribution is 0.310. The summed E-state index contributed by atoms with van der Waals surface area (Å²) in [7, 11) is 0. The quantitative estimate of drug-likeness (QED) is 0.243. The molecule has 1 aliphatic carbocycles. The van der Waals surface area contributed by atoms with Gasteiger partial charge in [-0.3, -0.25) is 0 Å². The number of ether oxygens (including phenoxy) is 1. The van der Waals surface area contributed by atoms with Gasteiger partial charge in [0.1, 0.15) is 12.4 Å². The highest BCUT2D eigenvalue weighted by molar-refractivity contribution is 14.0. The third kappa shape index (κ3) is 7.32.